The molecular weight excluding hydrogens is 362 g/mol. The number of hydrogen-bond acceptors (Lipinski definition) is 5. The zero-order valence-corrected chi connectivity index (χ0v) is 15.9. The van der Waals surface area contributed by atoms with Crippen molar-refractivity contribution in [2.75, 3.05) is 25.5 Å². The summed E-state index contributed by atoms with van der Waals surface area (Å²) in [6, 6.07) is 6.65. The molecule has 1 aromatic carbocycles. The Morgan fingerprint density at radius 2 is 1.82 bits per heavy atom. The number of benzene rings is 1. The van der Waals surface area contributed by atoms with Gasteiger partial charge in [0, 0.05) is 30.3 Å². The van der Waals surface area contributed by atoms with Gasteiger partial charge in [-0.05, 0) is 37.1 Å². The molecule has 0 radical (unpaired) electrons. The van der Waals surface area contributed by atoms with E-state index in [1.54, 1.807) is 24.3 Å². The van der Waals surface area contributed by atoms with E-state index in [-0.39, 0.29) is 36.7 Å². The van der Waals surface area contributed by atoms with Crippen LogP contribution in [0.25, 0.3) is 0 Å². The molecule has 1 aliphatic heterocycles. The Balaban J connectivity index is 1.52. The minimum absolute atomic E-state index is 0.0599. The maximum atomic E-state index is 12.5. The van der Waals surface area contributed by atoms with Crippen LogP contribution >= 0.6 is 0 Å². The molecule has 2 fully saturated rings. The van der Waals surface area contributed by atoms with E-state index >= 15 is 0 Å². The molecule has 150 valence electrons. The number of hydrogen-bond donors (Lipinski definition) is 2. The molecule has 0 aromatic heterocycles. The average Bonchev–Trinajstić information content (AvgIpc) is 3.35. The Morgan fingerprint density at radius 3 is 2.46 bits per heavy atom. The summed E-state index contributed by atoms with van der Waals surface area (Å²) in [6.07, 6.45) is 4.59. The fourth-order valence-electron chi connectivity index (χ4n) is 3.75. The van der Waals surface area contributed by atoms with Crippen LogP contribution in [0.4, 0.5) is 5.69 Å². The molecule has 1 atom stereocenters. The van der Waals surface area contributed by atoms with Crippen molar-refractivity contribution in [2.45, 2.75) is 38.1 Å². The van der Waals surface area contributed by atoms with Crippen LogP contribution in [0.3, 0.4) is 0 Å². The number of likely N-dealkylation sites (tertiary alicyclic amines) is 1. The van der Waals surface area contributed by atoms with E-state index in [0.717, 1.165) is 25.7 Å². The number of esters is 1. The van der Waals surface area contributed by atoms with E-state index in [9.17, 15) is 19.2 Å². The molecule has 8 heteroatoms. The molecular formula is C20H25N3O5. The lowest BCUT2D eigenvalue weighted by Crippen LogP contribution is -2.35. The summed E-state index contributed by atoms with van der Waals surface area (Å²) in [4.78, 5) is 49.7. The zero-order chi connectivity index (χ0) is 20.1. The third kappa shape index (κ3) is 4.68. The van der Waals surface area contributed by atoms with Crippen LogP contribution in [-0.2, 0) is 19.1 Å². The van der Waals surface area contributed by atoms with Crippen LogP contribution in [0.5, 0.6) is 0 Å². The van der Waals surface area contributed by atoms with E-state index in [4.69, 9.17) is 0 Å². The SMILES string of the molecule is COC(=O)CNC(=O)c1ccc(NC(=O)[C@@H]2CC(=O)N(C3CCCC3)C2)cc1. The monoisotopic (exact) mass is 387 g/mol. The average molecular weight is 387 g/mol. The summed E-state index contributed by atoms with van der Waals surface area (Å²) in [6.45, 7) is 0.268. The highest BCUT2D eigenvalue weighted by Gasteiger charge is 2.38. The summed E-state index contributed by atoms with van der Waals surface area (Å²) in [5, 5.41) is 5.26. The van der Waals surface area contributed by atoms with Gasteiger partial charge in [0.05, 0.1) is 13.0 Å². The summed E-state index contributed by atoms with van der Waals surface area (Å²) in [7, 11) is 1.25. The van der Waals surface area contributed by atoms with E-state index in [1.807, 2.05) is 4.90 Å². The highest BCUT2D eigenvalue weighted by molar-refractivity contribution is 5.99. The molecule has 0 spiro atoms. The van der Waals surface area contributed by atoms with Crippen LogP contribution < -0.4 is 10.6 Å². The van der Waals surface area contributed by atoms with E-state index in [0.29, 0.717) is 17.8 Å². The molecule has 2 aliphatic rings. The topological polar surface area (TPSA) is 105 Å². The van der Waals surface area contributed by atoms with Crippen LogP contribution in [0.15, 0.2) is 24.3 Å². The summed E-state index contributed by atoms with van der Waals surface area (Å²) >= 11 is 0. The molecule has 1 aliphatic carbocycles. The number of ether oxygens (including phenoxy) is 1. The molecule has 3 amide bonds. The lowest BCUT2D eigenvalue weighted by atomic mass is 10.1. The number of amides is 3. The van der Waals surface area contributed by atoms with Gasteiger partial charge >= 0.3 is 5.97 Å². The molecule has 1 heterocycles. The summed E-state index contributed by atoms with van der Waals surface area (Å²) in [5.74, 6) is -1.41. The van der Waals surface area contributed by atoms with Crippen molar-refractivity contribution >= 4 is 29.4 Å². The van der Waals surface area contributed by atoms with Gasteiger partial charge in [-0.25, -0.2) is 0 Å². The predicted octanol–water partition coefficient (Wildman–Crippen LogP) is 1.32. The first kappa shape index (κ1) is 19.9. The van der Waals surface area contributed by atoms with E-state index in [1.165, 1.54) is 7.11 Å². The van der Waals surface area contributed by atoms with Gasteiger partial charge in [0.25, 0.3) is 5.91 Å². The third-order valence-corrected chi connectivity index (χ3v) is 5.33. The predicted molar refractivity (Wildman–Crippen MR) is 101 cm³/mol. The van der Waals surface area contributed by atoms with Gasteiger partial charge in [-0.3, -0.25) is 19.2 Å². The highest BCUT2D eigenvalue weighted by Crippen LogP contribution is 2.30. The first-order valence-corrected chi connectivity index (χ1v) is 9.53. The number of anilines is 1. The number of carbonyl (C=O) groups is 4. The fourth-order valence-corrected chi connectivity index (χ4v) is 3.75. The Morgan fingerprint density at radius 1 is 1.14 bits per heavy atom. The van der Waals surface area contributed by atoms with Gasteiger partial charge in [-0.15, -0.1) is 0 Å². The lowest BCUT2D eigenvalue weighted by Gasteiger charge is -2.23. The standard InChI is InChI=1S/C20H25N3O5/c1-28-18(25)11-21-19(26)13-6-8-15(9-7-13)22-20(27)14-10-17(24)23(12-14)16-4-2-3-5-16/h6-9,14,16H,2-5,10-12H2,1H3,(H,21,26)(H,22,27)/t14-/m1/s1. The molecule has 1 saturated carbocycles. The van der Waals surface area contributed by atoms with Crippen LogP contribution in [-0.4, -0.2) is 54.8 Å². The second-order valence-electron chi connectivity index (χ2n) is 7.21. The summed E-state index contributed by atoms with van der Waals surface area (Å²) < 4.78 is 4.47. The van der Waals surface area contributed by atoms with Gasteiger partial charge in [0.2, 0.25) is 11.8 Å². The maximum absolute atomic E-state index is 12.5. The Bertz CT molecular complexity index is 756. The second kappa shape index (κ2) is 8.86. The van der Waals surface area contributed by atoms with Crippen LogP contribution in [0.1, 0.15) is 42.5 Å². The van der Waals surface area contributed by atoms with Crippen molar-refractivity contribution in [1.29, 1.82) is 0 Å². The van der Waals surface area contributed by atoms with Gasteiger partial charge < -0.3 is 20.3 Å². The summed E-state index contributed by atoms with van der Waals surface area (Å²) in [5.41, 5.74) is 0.923. The largest absolute Gasteiger partial charge is 0.468 e. The van der Waals surface area contributed by atoms with E-state index in [2.05, 4.69) is 15.4 Å². The molecule has 28 heavy (non-hydrogen) atoms. The molecule has 1 aromatic rings. The molecule has 3 rings (SSSR count). The Hall–Kier alpha value is -2.90. The van der Waals surface area contributed by atoms with Crippen molar-refractivity contribution in [3.8, 4) is 0 Å². The fraction of sp³-hybridized carbons (Fsp3) is 0.500. The van der Waals surface area contributed by atoms with Gasteiger partial charge in [0.1, 0.15) is 6.54 Å². The molecule has 8 nitrogen and oxygen atoms in total. The number of nitrogens with zero attached hydrogens (tertiary/aromatic N) is 1. The van der Waals surface area contributed by atoms with Crippen LogP contribution in [0, 0.1) is 5.92 Å². The Labute approximate surface area is 163 Å². The molecule has 2 N–H and O–H groups in total. The number of methoxy groups -OCH3 is 1. The van der Waals surface area contributed by atoms with Crippen LogP contribution in [0.2, 0.25) is 0 Å². The minimum Gasteiger partial charge on any atom is -0.468 e. The first-order chi connectivity index (χ1) is 13.5. The maximum Gasteiger partial charge on any atom is 0.325 e. The molecule has 1 saturated heterocycles. The van der Waals surface area contributed by atoms with Crippen molar-refractivity contribution < 1.29 is 23.9 Å². The van der Waals surface area contributed by atoms with E-state index < -0.39 is 11.9 Å². The number of carbonyl (C=O) groups excluding carboxylic acids is 4. The molecule has 0 bridgehead atoms. The lowest BCUT2D eigenvalue weighted by molar-refractivity contribution is -0.139. The second-order valence-corrected chi connectivity index (χ2v) is 7.21. The molecule has 0 unspecified atom stereocenters. The van der Waals surface area contributed by atoms with Crippen molar-refractivity contribution in [3.05, 3.63) is 29.8 Å². The quantitative estimate of drug-likeness (QED) is 0.717. The number of rotatable bonds is 6. The minimum atomic E-state index is -0.532. The Kier molecular flexibility index (Phi) is 6.28. The van der Waals surface area contributed by atoms with Crippen molar-refractivity contribution in [2.24, 2.45) is 5.92 Å². The number of nitrogens with one attached hydrogen (secondary N) is 2. The zero-order valence-electron chi connectivity index (χ0n) is 15.9. The van der Waals surface area contributed by atoms with Gasteiger partial charge in [0.15, 0.2) is 0 Å². The van der Waals surface area contributed by atoms with Gasteiger partial charge in [-0.1, -0.05) is 12.8 Å². The van der Waals surface area contributed by atoms with Crippen molar-refractivity contribution in [3.63, 3.8) is 0 Å². The van der Waals surface area contributed by atoms with Crippen molar-refractivity contribution in [1.82, 2.24) is 10.2 Å². The smallest absolute Gasteiger partial charge is 0.325 e. The van der Waals surface area contributed by atoms with Gasteiger partial charge in [-0.2, -0.15) is 0 Å². The third-order valence-electron chi connectivity index (χ3n) is 5.33. The normalized spacial score (nSPS) is 19.5. The highest BCUT2D eigenvalue weighted by atomic mass is 16.5. The first-order valence-electron chi connectivity index (χ1n) is 9.53.